The predicted octanol–water partition coefficient (Wildman–Crippen LogP) is 4.17. The van der Waals surface area contributed by atoms with Crippen molar-refractivity contribution in [2.45, 2.75) is 0 Å². The van der Waals surface area contributed by atoms with Gasteiger partial charge in [0.2, 0.25) is 0 Å². The summed E-state index contributed by atoms with van der Waals surface area (Å²) in [5, 5.41) is 6.73. The first kappa shape index (κ1) is 20.8. The Bertz CT molecular complexity index is 1500. The van der Waals surface area contributed by atoms with Crippen LogP contribution in [0.5, 0.6) is 11.8 Å². The number of halogens is 2. The molecule has 0 unspecified atom stereocenters. The van der Waals surface area contributed by atoms with Gasteiger partial charge < -0.3 is 15.1 Å². The number of piperazine rings is 1. The van der Waals surface area contributed by atoms with Crippen molar-refractivity contribution < 1.29 is 9.13 Å². The van der Waals surface area contributed by atoms with E-state index in [2.05, 4.69) is 30.3 Å². The van der Waals surface area contributed by atoms with E-state index in [0.717, 1.165) is 42.6 Å². The van der Waals surface area contributed by atoms with Gasteiger partial charge in [-0.1, -0.05) is 11.6 Å². The summed E-state index contributed by atoms with van der Waals surface area (Å²) < 4.78 is 22.9. The first-order chi connectivity index (χ1) is 16.7. The molecule has 0 saturated carbocycles. The molecule has 8 nitrogen and oxygen atoms in total. The van der Waals surface area contributed by atoms with Crippen molar-refractivity contribution in [3.8, 4) is 22.9 Å². The maximum atomic E-state index is 15.2. The third-order valence-corrected chi connectivity index (χ3v) is 6.14. The van der Waals surface area contributed by atoms with Gasteiger partial charge in [-0.15, -0.1) is 0 Å². The van der Waals surface area contributed by atoms with Gasteiger partial charge in [-0.3, -0.25) is 4.98 Å². The highest BCUT2D eigenvalue weighted by atomic mass is 35.5. The lowest BCUT2D eigenvalue weighted by Gasteiger charge is -2.30. The largest absolute Gasteiger partial charge is 0.424 e. The third kappa shape index (κ3) is 3.68. The molecular weight excluding hydrogens is 457 g/mol. The molecule has 0 aliphatic carbocycles. The minimum atomic E-state index is -0.408. The molecular formula is C24H19ClFN7O. The Morgan fingerprint density at radius 1 is 0.941 bits per heavy atom. The van der Waals surface area contributed by atoms with Gasteiger partial charge in [-0.25, -0.2) is 24.0 Å². The average Bonchev–Trinajstić information content (AvgIpc) is 3.30. The third-order valence-electron chi connectivity index (χ3n) is 5.82. The van der Waals surface area contributed by atoms with Crippen molar-refractivity contribution >= 4 is 33.5 Å². The highest BCUT2D eigenvalue weighted by molar-refractivity contribution is 6.33. The summed E-state index contributed by atoms with van der Waals surface area (Å²) in [4.78, 5) is 17.0. The lowest BCUT2D eigenvalue weighted by molar-refractivity contribution is 0.442. The SMILES string of the molecule is Fc1cc2ncc3ncn(N4CCNCC4)c3c2cc1-c1ccc(Oc2ncccn2)cc1Cl. The molecule has 1 N–H and O–H groups in total. The quantitative estimate of drug-likeness (QED) is 0.418. The summed E-state index contributed by atoms with van der Waals surface area (Å²) in [6, 6.07) is 10.2. The van der Waals surface area contributed by atoms with Crippen molar-refractivity contribution in [1.82, 2.24) is 29.9 Å². The summed E-state index contributed by atoms with van der Waals surface area (Å²) in [7, 11) is 0. The van der Waals surface area contributed by atoms with E-state index in [0.29, 0.717) is 27.4 Å². The summed E-state index contributed by atoms with van der Waals surface area (Å²) in [5.41, 5.74) is 3.13. The van der Waals surface area contributed by atoms with Crippen molar-refractivity contribution in [2.75, 3.05) is 31.2 Å². The second-order valence-electron chi connectivity index (χ2n) is 7.91. The smallest absolute Gasteiger partial charge is 0.321 e. The second-order valence-corrected chi connectivity index (χ2v) is 8.32. The van der Waals surface area contributed by atoms with E-state index < -0.39 is 5.82 Å². The van der Waals surface area contributed by atoms with Gasteiger partial charge in [-0.05, 0) is 24.3 Å². The number of rotatable bonds is 4. The highest BCUT2D eigenvalue weighted by Crippen LogP contribution is 2.36. The number of hydrogen-bond donors (Lipinski definition) is 1. The minimum absolute atomic E-state index is 0.206. The molecule has 0 bridgehead atoms. The number of pyridine rings is 1. The fraction of sp³-hybridized carbons (Fsp3) is 0.167. The van der Waals surface area contributed by atoms with Crippen LogP contribution < -0.4 is 15.1 Å². The molecule has 170 valence electrons. The molecule has 0 radical (unpaired) electrons. The zero-order valence-corrected chi connectivity index (χ0v) is 18.7. The lowest BCUT2D eigenvalue weighted by atomic mass is 10.0. The number of imidazole rings is 1. The fourth-order valence-corrected chi connectivity index (χ4v) is 4.48. The van der Waals surface area contributed by atoms with E-state index in [1.54, 1.807) is 55.2 Å². The Balaban J connectivity index is 1.45. The van der Waals surface area contributed by atoms with E-state index >= 15 is 4.39 Å². The number of ether oxygens (including phenoxy) is 1. The van der Waals surface area contributed by atoms with Crippen LogP contribution in [0.3, 0.4) is 0 Å². The Labute approximate surface area is 199 Å². The fourth-order valence-electron chi connectivity index (χ4n) is 4.21. The molecule has 0 spiro atoms. The molecule has 1 saturated heterocycles. The molecule has 34 heavy (non-hydrogen) atoms. The molecule has 6 rings (SSSR count). The van der Waals surface area contributed by atoms with Crippen LogP contribution in [0.4, 0.5) is 4.39 Å². The van der Waals surface area contributed by atoms with Crippen LogP contribution in [-0.4, -0.2) is 50.8 Å². The average molecular weight is 476 g/mol. The van der Waals surface area contributed by atoms with Crippen molar-refractivity contribution in [2.24, 2.45) is 0 Å². The minimum Gasteiger partial charge on any atom is -0.424 e. The molecule has 3 aromatic heterocycles. The molecule has 0 atom stereocenters. The molecule has 2 aromatic carbocycles. The van der Waals surface area contributed by atoms with Crippen LogP contribution >= 0.6 is 11.6 Å². The molecule has 0 amide bonds. The number of benzene rings is 2. The van der Waals surface area contributed by atoms with E-state index in [4.69, 9.17) is 16.3 Å². The van der Waals surface area contributed by atoms with Crippen molar-refractivity contribution in [3.63, 3.8) is 0 Å². The number of aromatic nitrogens is 5. The van der Waals surface area contributed by atoms with Gasteiger partial charge in [0.15, 0.2) is 0 Å². The van der Waals surface area contributed by atoms with E-state index in [1.807, 2.05) is 4.68 Å². The summed E-state index contributed by atoms with van der Waals surface area (Å²) in [5.74, 6) is 0.0523. The van der Waals surface area contributed by atoms with Gasteiger partial charge in [0.25, 0.3) is 0 Å². The zero-order valence-electron chi connectivity index (χ0n) is 17.9. The van der Waals surface area contributed by atoms with Crippen LogP contribution in [0.2, 0.25) is 5.02 Å². The normalized spacial score (nSPS) is 14.1. The topological polar surface area (TPSA) is 81.0 Å². The van der Waals surface area contributed by atoms with E-state index in [1.165, 1.54) is 6.07 Å². The first-order valence-corrected chi connectivity index (χ1v) is 11.2. The molecule has 1 aliphatic rings. The van der Waals surface area contributed by atoms with Gasteiger partial charge in [0.1, 0.15) is 28.9 Å². The number of nitrogens with one attached hydrogen (secondary N) is 1. The Morgan fingerprint density at radius 2 is 1.76 bits per heavy atom. The van der Waals surface area contributed by atoms with Gasteiger partial charge >= 0.3 is 6.01 Å². The first-order valence-electron chi connectivity index (χ1n) is 10.8. The maximum Gasteiger partial charge on any atom is 0.321 e. The molecule has 1 fully saturated rings. The molecule has 4 heterocycles. The Hall–Kier alpha value is -3.82. The number of hydrogen-bond acceptors (Lipinski definition) is 7. The summed E-state index contributed by atoms with van der Waals surface area (Å²) in [6.07, 6.45) is 6.65. The van der Waals surface area contributed by atoms with Crippen LogP contribution in [0, 0.1) is 5.82 Å². The van der Waals surface area contributed by atoms with Crippen molar-refractivity contribution in [3.05, 3.63) is 72.2 Å². The molecule has 1 aliphatic heterocycles. The monoisotopic (exact) mass is 475 g/mol. The van der Waals surface area contributed by atoms with E-state index in [9.17, 15) is 0 Å². The van der Waals surface area contributed by atoms with Gasteiger partial charge in [-0.2, -0.15) is 0 Å². The second kappa shape index (κ2) is 8.51. The zero-order chi connectivity index (χ0) is 23.1. The van der Waals surface area contributed by atoms with Crippen molar-refractivity contribution in [1.29, 1.82) is 0 Å². The Kier molecular flexibility index (Phi) is 5.20. The van der Waals surface area contributed by atoms with Gasteiger partial charge in [0.05, 0.1) is 16.7 Å². The standard InChI is InChI=1S/C24H19ClFN7O/c25-19-10-15(34-24-28-4-1-5-29-24)2-3-16(19)17-11-18-21(12-20(17)26)30-13-22-23(18)33(14-31-22)32-8-6-27-7-9-32/h1-5,10-14,27H,6-9H2. The highest BCUT2D eigenvalue weighted by Gasteiger charge is 2.19. The van der Waals surface area contributed by atoms with Crippen LogP contribution in [0.25, 0.3) is 33.1 Å². The lowest BCUT2D eigenvalue weighted by Crippen LogP contribution is -2.48. The van der Waals surface area contributed by atoms with Crippen LogP contribution in [0.1, 0.15) is 0 Å². The number of nitrogens with zero attached hydrogens (tertiary/aromatic N) is 6. The molecule has 5 aromatic rings. The number of fused-ring (bicyclic) bond motifs is 3. The predicted molar refractivity (Wildman–Crippen MR) is 128 cm³/mol. The summed E-state index contributed by atoms with van der Waals surface area (Å²) >= 11 is 6.57. The molecule has 10 heteroatoms. The van der Waals surface area contributed by atoms with Crippen LogP contribution in [0.15, 0.2) is 61.3 Å². The van der Waals surface area contributed by atoms with E-state index in [-0.39, 0.29) is 6.01 Å². The Morgan fingerprint density at radius 3 is 2.56 bits per heavy atom. The van der Waals surface area contributed by atoms with Crippen LogP contribution in [-0.2, 0) is 0 Å². The van der Waals surface area contributed by atoms with Gasteiger partial charge in [0, 0.05) is 67.2 Å². The summed E-state index contributed by atoms with van der Waals surface area (Å²) in [6.45, 7) is 3.48. The maximum absolute atomic E-state index is 15.2.